The lowest BCUT2D eigenvalue weighted by molar-refractivity contribution is -0.303. The van der Waals surface area contributed by atoms with Crippen molar-refractivity contribution in [1.29, 1.82) is 0 Å². The van der Waals surface area contributed by atoms with Gasteiger partial charge in [0.1, 0.15) is 36.6 Å². The van der Waals surface area contributed by atoms with Crippen LogP contribution in [0, 0.1) is 0 Å². The van der Waals surface area contributed by atoms with Crippen molar-refractivity contribution in [3.8, 4) is 0 Å². The Balaban J connectivity index is 2.15. The molecule has 1 saturated heterocycles. The number of ether oxygens (including phenoxy) is 2. The highest BCUT2D eigenvalue weighted by Crippen LogP contribution is 2.24. The fourth-order valence-electron chi connectivity index (χ4n) is 12.9. The van der Waals surface area contributed by atoms with Crippen LogP contribution in [0.15, 0.2) is 36.5 Å². The Morgan fingerprint density at radius 3 is 0.989 bits per heavy atom. The normalized spacial score (nSPS) is 18.6. The lowest BCUT2D eigenvalue weighted by Crippen LogP contribution is -2.60. The van der Waals surface area contributed by atoms with Crippen molar-refractivity contribution >= 4 is 5.91 Å². The Morgan fingerprint density at radius 2 is 0.667 bits per heavy atom. The minimum Gasteiger partial charge on any atom is -0.394 e. The van der Waals surface area contributed by atoms with Gasteiger partial charge in [0.05, 0.1) is 25.4 Å². The summed E-state index contributed by atoms with van der Waals surface area (Å²) in [4.78, 5) is 13.3. The minimum atomic E-state index is -1.67. The molecule has 11 nitrogen and oxygen atoms in total. The van der Waals surface area contributed by atoms with Gasteiger partial charge in [-0.25, -0.2) is 0 Å². The molecule has 8 N–H and O–H groups in total. The van der Waals surface area contributed by atoms with Crippen LogP contribution >= 0.6 is 0 Å². The Bertz CT molecular complexity index is 1560. The van der Waals surface area contributed by atoms with Gasteiger partial charge in [0.15, 0.2) is 6.29 Å². The summed E-state index contributed by atoms with van der Waals surface area (Å²) < 4.78 is 11.2. The molecule has 0 aromatic heterocycles. The van der Waals surface area contributed by atoms with Gasteiger partial charge >= 0.3 is 0 Å². The Labute approximate surface area is 556 Å². The van der Waals surface area contributed by atoms with E-state index in [-0.39, 0.29) is 12.8 Å². The Kier molecular flexibility index (Phi) is 64.6. The van der Waals surface area contributed by atoms with Gasteiger partial charge in [-0.1, -0.05) is 365 Å². The van der Waals surface area contributed by atoms with Gasteiger partial charge in [-0.05, 0) is 64.2 Å². The minimum absolute atomic E-state index is 0.243. The van der Waals surface area contributed by atoms with Crippen LogP contribution in [0.1, 0.15) is 393 Å². The second kappa shape index (κ2) is 67.3. The van der Waals surface area contributed by atoms with Crippen molar-refractivity contribution in [3.63, 3.8) is 0 Å². The molecular weight excluding hydrogens is 1120 g/mol. The van der Waals surface area contributed by atoms with Gasteiger partial charge in [-0.2, -0.15) is 0 Å². The van der Waals surface area contributed by atoms with Crippen LogP contribution in [-0.4, -0.2) is 110 Å². The summed E-state index contributed by atoms with van der Waals surface area (Å²) in [5, 5.41) is 76.6. The van der Waals surface area contributed by atoms with Gasteiger partial charge in [0.25, 0.3) is 0 Å². The number of unbranched alkanes of at least 4 members (excludes halogenated alkanes) is 52. The lowest BCUT2D eigenvalue weighted by atomic mass is 9.98. The smallest absolute Gasteiger partial charge is 0.249 e. The second-order valence-electron chi connectivity index (χ2n) is 27.8. The van der Waals surface area contributed by atoms with Gasteiger partial charge in [-0.15, -0.1) is 0 Å². The number of rotatable bonds is 70. The summed E-state index contributed by atoms with van der Waals surface area (Å²) >= 11 is 0. The first-order valence-electron chi connectivity index (χ1n) is 39.4. The SMILES string of the molecule is CCCCCCCCCCCCCCCC/C=C/CC/C=C/CC/C=C/CCCC(O)C(O)C(COC1OC(CO)C(O)C(O)C1O)NC(=O)C(O)CCCCCCCCCCCCCCCCCCCCCCCCCCCCCCCCCCCCCC. The third-order valence-electron chi connectivity index (χ3n) is 19.2. The van der Waals surface area contributed by atoms with Crippen molar-refractivity contribution in [2.24, 2.45) is 0 Å². The first-order chi connectivity index (χ1) is 44.2. The Morgan fingerprint density at radius 1 is 0.378 bits per heavy atom. The molecule has 1 aliphatic rings. The standard InChI is InChI=1S/C79H151NO10/c1-3-5-7-9-11-13-15-17-19-21-23-25-27-29-31-32-33-34-35-36-37-38-39-41-43-45-47-49-51-53-55-57-59-61-63-65-67-72(83)78(88)80-70(69-89-79-77(87)76(86)75(85)73(68-81)90-79)74(84)71(82)66-64-62-60-58-56-54-52-50-48-46-44-42-40-30-28-26-24-22-20-18-16-14-12-10-8-6-4-2/h42,44,50,52,58,60,70-77,79,81-87H,3-41,43,45-49,51,53-57,59,61-69H2,1-2H3,(H,80,88)/b44-42+,52-50+,60-58+. The van der Waals surface area contributed by atoms with E-state index in [1.165, 1.54) is 302 Å². The molecule has 1 aliphatic heterocycles. The monoisotopic (exact) mass is 1270 g/mol. The average Bonchev–Trinajstić information content (AvgIpc) is 1.44. The molecule has 9 unspecified atom stereocenters. The van der Waals surface area contributed by atoms with E-state index < -0.39 is 74.2 Å². The zero-order valence-corrected chi connectivity index (χ0v) is 59.1. The highest BCUT2D eigenvalue weighted by Gasteiger charge is 2.44. The molecule has 0 radical (unpaired) electrons. The summed E-state index contributed by atoms with van der Waals surface area (Å²) in [5.41, 5.74) is 0. The van der Waals surface area contributed by atoms with Crippen molar-refractivity contribution < 1.29 is 50.0 Å². The van der Waals surface area contributed by atoms with E-state index in [9.17, 15) is 40.5 Å². The highest BCUT2D eigenvalue weighted by atomic mass is 16.7. The van der Waals surface area contributed by atoms with Gasteiger partial charge in [-0.3, -0.25) is 4.79 Å². The maximum Gasteiger partial charge on any atom is 0.249 e. The topological polar surface area (TPSA) is 189 Å². The number of aliphatic hydroxyl groups excluding tert-OH is 7. The summed E-state index contributed by atoms with van der Waals surface area (Å²) in [6, 6.07) is -1.20. The molecule has 9 atom stereocenters. The number of hydrogen-bond acceptors (Lipinski definition) is 10. The second-order valence-corrected chi connectivity index (χ2v) is 27.8. The summed E-state index contributed by atoms with van der Waals surface area (Å²) in [6.07, 6.45) is 77.0. The summed E-state index contributed by atoms with van der Waals surface area (Å²) in [5.74, 6) is -0.705. The largest absolute Gasteiger partial charge is 0.394 e. The number of carbonyl (C=O) groups is 1. The predicted octanol–water partition coefficient (Wildman–Crippen LogP) is 20.1. The number of nitrogens with one attached hydrogen (secondary N) is 1. The number of allylic oxidation sites excluding steroid dienone is 6. The molecule has 11 heteroatoms. The lowest BCUT2D eigenvalue weighted by Gasteiger charge is -2.40. The fraction of sp³-hybridized carbons (Fsp3) is 0.911. The molecule has 0 saturated carbocycles. The van der Waals surface area contributed by atoms with E-state index in [0.717, 1.165) is 44.9 Å². The van der Waals surface area contributed by atoms with Crippen molar-refractivity contribution in [3.05, 3.63) is 36.5 Å². The quantitative estimate of drug-likeness (QED) is 0.0215. The van der Waals surface area contributed by atoms with Crippen LogP contribution in [0.2, 0.25) is 0 Å². The maximum atomic E-state index is 13.3. The van der Waals surface area contributed by atoms with E-state index in [1.807, 2.05) is 0 Å². The maximum absolute atomic E-state index is 13.3. The van der Waals surface area contributed by atoms with Crippen LogP contribution in [-0.2, 0) is 14.3 Å². The molecule has 0 aromatic rings. The third-order valence-corrected chi connectivity index (χ3v) is 19.2. The molecule has 0 spiro atoms. The molecule has 1 heterocycles. The molecule has 532 valence electrons. The van der Waals surface area contributed by atoms with E-state index >= 15 is 0 Å². The van der Waals surface area contributed by atoms with E-state index in [2.05, 4.69) is 55.6 Å². The zero-order valence-electron chi connectivity index (χ0n) is 59.1. The van der Waals surface area contributed by atoms with Crippen molar-refractivity contribution in [1.82, 2.24) is 5.32 Å². The van der Waals surface area contributed by atoms with Gasteiger partial charge in [0.2, 0.25) is 5.91 Å². The summed E-state index contributed by atoms with van der Waals surface area (Å²) in [7, 11) is 0. The number of hydrogen-bond donors (Lipinski definition) is 8. The number of amides is 1. The molecule has 1 amide bonds. The predicted molar refractivity (Wildman–Crippen MR) is 381 cm³/mol. The molecule has 90 heavy (non-hydrogen) atoms. The molecule has 0 bridgehead atoms. The van der Waals surface area contributed by atoms with Crippen molar-refractivity contribution in [2.45, 2.75) is 448 Å². The highest BCUT2D eigenvalue weighted by molar-refractivity contribution is 5.80. The van der Waals surface area contributed by atoms with Crippen LogP contribution in [0.5, 0.6) is 0 Å². The first-order valence-corrected chi connectivity index (χ1v) is 39.4. The summed E-state index contributed by atoms with van der Waals surface area (Å²) in [6.45, 7) is 3.50. The molecule has 0 aromatic carbocycles. The van der Waals surface area contributed by atoms with Crippen LogP contribution in [0.4, 0.5) is 0 Å². The molecule has 1 rings (SSSR count). The zero-order chi connectivity index (χ0) is 65.3. The Hall–Kier alpha value is -1.67. The van der Waals surface area contributed by atoms with E-state index in [0.29, 0.717) is 19.3 Å². The number of aliphatic hydroxyl groups is 7. The number of carbonyl (C=O) groups excluding carboxylic acids is 1. The first kappa shape index (κ1) is 86.3. The fourth-order valence-corrected chi connectivity index (χ4v) is 12.9. The van der Waals surface area contributed by atoms with Crippen LogP contribution in [0.25, 0.3) is 0 Å². The van der Waals surface area contributed by atoms with Gasteiger partial charge in [0, 0.05) is 0 Å². The molecule has 0 aliphatic carbocycles. The average molecular weight is 1280 g/mol. The molecular formula is C79H151NO10. The molecule has 1 fully saturated rings. The van der Waals surface area contributed by atoms with Crippen LogP contribution < -0.4 is 5.32 Å². The van der Waals surface area contributed by atoms with Crippen LogP contribution in [0.3, 0.4) is 0 Å². The van der Waals surface area contributed by atoms with Crippen molar-refractivity contribution in [2.75, 3.05) is 13.2 Å². The van der Waals surface area contributed by atoms with E-state index in [1.54, 1.807) is 0 Å². The van der Waals surface area contributed by atoms with E-state index in [4.69, 9.17) is 9.47 Å². The third kappa shape index (κ3) is 53.6. The van der Waals surface area contributed by atoms with Gasteiger partial charge < -0.3 is 50.5 Å².